The molecule has 33 heteroatoms. The van der Waals surface area contributed by atoms with Crippen LogP contribution in [0.3, 0.4) is 0 Å². The van der Waals surface area contributed by atoms with Gasteiger partial charge in [0.2, 0.25) is 20.8 Å². The minimum atomic E-state index is -5.08. The van der Waals surface area contributed by atoms with Crippen LogP contribution in [-0.2, 0) is 118 Å². The number of hydrogen-bond donors (Lipinski definition) is 5. The third-order valence-corrected chi connectivity index (χ3v) is 9.44. The summed E-state index contributed by atoms with van der Waals surface area (Å²) >= 11 is 0. The molecule has 63 heavy (non-hydrogen) atoms. The summed E-state index contributed by atoms with van der Waals surface area (Å²) < 4.78 is 83.7. The second kappa shape index (κ2) is 47.4. The van der Waals surface area contributed by atoms with E-state index in [-0.39, 0.29) is 231 Å². The molecule has 0 aromatic rings. The molecule has 3 saturated heterocycles. The van der Waals surface area contributed by atoms with Crippen molar-refractivity contribution in [3.8, 4) is 0 Å². The minimum Gasteiger partial charge on any atom is -0.726 e. The molecule has 0 spiro atoms. The van der Waals surface area contributed by atoms with Crippen LogP contribution in [0.15, 0.2) is 0 Å². The van der Waals surface area contributed by atoms with E-state index in [1.165, 1.54) is 0 Å². The molecule has 0 aromatic carbocycles. The Hall–Kier alpha value is 4.37. The van der Waals surface area contributed by atoms with Crippen molar-refractivity contribution in [3.63, 3.8) is 0 Å². The van der Waals surface area contributed by atoms with Crippen LogP contribution >= 0.6 is 0 Å². The van der Waals surface area contributed by atoms with Gasteiger partial charge in [-0.2, -0.15) is 0 Å². The summed E-state index contributed by atoms with van der Waals surface area (Å²) in [5.74, 6) is -2.59. The second-order valence-corrected chi connectivity index (χ2v) is 15.2. The third-order valence-electron chi connectivity index (χ3n) is 8.53. The maximum Gasteiger partial charge on any atom is 1.00 e. The van der Waals surface area contributed by atoms with Gasteiger partial charge in [0.15, 0.2) is 0 Å². The zero-order valence-corrected chi connectivity index (χ0v) is 52.8. The van der Waals surface area contributed by atoms with Crippen molar-refractivity contribution in [3.05, 3.63) is 11.5 Å². The molecule has 0 bridgehead atoms. The number of aliphatic hydroxyl groups is 4. The van der Waals surface area contributed by atoms with E-state index >= 15 is 0 Å². The fraction of sp³-hybridized carbons (Fsp3) is 0.933. The Bertz CT molecular complexity index is 1330. The van der Waals surface area contributed by atoms with Gasteiger partial charge in [-0.15, -0.1) is 12.1 Å². The van der Waals surface area contributed by atoms with Crippen LogP contribution in [0.4, 0.5) is 0 Å². The number of carbonyl (C=O) groups excluding carboxylic acids is 2. The SMILES string of the molecule is CC1COC(C(=O)[O-])CC1O.CCC1CC(C)C([NH-])CO1.CCNCC([NH-])C(C)CC(O)COS(=O)(=O)[O-].O.O.O.O=C([O-])C1OCC(OS(=O)(=O)[O-])C(O)C1O.[Na+].[Na+].[Na+].[Na+].[Y].[Y]. The fourth-order valence-corrected chi connectivity index (χ4v) is 5.76. The van der Waals surface area contributed by atoms with Crippen molar-refractivity contribution >= 4 is 32.7 Å². The molecule has 13 N–H and O–H groups in total. The molecule has 0 aliphatic carbocycles. The Kier molecular flexibility index (Phi) is 67.8. The molecule has 3 fully saturated rings. The molecule has 13 atom stereocenters. The summed E-state index contributed by atoms with van der Waals surface area (Å²) in [6, 6.07) is -0.378. The maximum absolute atomic E-state index is 10.4. The van der Waals surface area contributed by atoms with Crippen molar-refractivity contribution in [1.29, 1.82) is 0 Å². The van der Waals surface area contributed by atoms with Crippen LogP contribution in [0.25, 0.3) is 11.5 Å². The standard InChI is InChI=1S/C9H21N2O5S.C8H16NO.C7H12O4.C6H10O9S.4Na.3H2O.2Y/c1-3-11-5-9(10)7(2)4-8(12)6-16-17(13,14)15;1-3-7-4-6(2)8(9)5-10-7;1-4-3-11-6(7(9)10)2-5(4)8;7-3-2(15-16(11,12)13)1-14-5(4(3)8)6(9)10;;;;;;;;;/h7-12H,3-6H2,1-2H3,(H,13,14,15);6-9H,3-5H2,1-2H3;4-6,8H,2-3H2,1H3,(H,9,10);2-5,7-8H,1H2,(H,9,10)(H,11,12,13);;;;;3*1H2;;/q2*-1;;;4*+1;;;;;/p-4. The van der Waals surface area contributed by atoms with Crippen LogP contribution in [0, 0.1) is 17.8 Å². The Labute approximate surface area is 509 Å². The van der Waals surface area contributed by atoms with E-state index in [0.717, 1.165) is 19.4 Å². The third kappa shape index (κ3) is 42.6. The van der Waals surface area contributed by atoms with E-state index in [1.807, 2.05) is 13.8 Å². The van der Waals surface area contributed by atoms with Gasteiger partial charge in [0.25, 0.3) is 0 Å². The van der Waals surface area contributed by atoms with Crippen LogP contribution < -0.4 is 134 Å². The summed E-state index contributed by atoms with van der Waals surface area (Å²) in [5, 5.41) is 60.8. The first-order valence-corrected chi connectivity index (χ1v) is 19.9. The maximum atomic E-state index is 10.4. The van der Waals surface area contributed by atoms with Gasteiger partial charge in [-0.1, -0.05) is 46.5 Å². The number of carbonyl (C=O) groups is 2. The number of carboxylic acids is 2. The van der Waals surface area contributed by atoms with Crippen molar-refractivity contribution < 1.29 is 289 Å². The van der Waals surface area contributed by atoms with E-state index in [1.54, 1.807) is 6.92 Å². The first kappa shape index (κ1) is 90.2. The number of rotatable bonds is 14. The molecular formula is C30H61N3Na4O22S2Y2-2. The number of likely N-dealkylation sites (N-methyl/N-ethyl adjacent to an activating group) is 1. The van der Waals surface area contributed by atoms with Gasteiger partial charge >= 0.3 is 118 Å². The van der Waals surface area contributed by atoms with E-state index in [4.69, 9.17) is 20.9 Å². The van der Waals surface area contributed by atoms with Crippen LogP contribution in [0.1, 0.15) is 60.3 Å². The average Bonchev–Trinajstić information content (AvgIpc) is 3.07. The topological polar surface area (TPSA) is 476 Å². The Morgan fingerprint density at radius 1 is 0.825 bits per heavy atom. The number of ether oxygens (including phenoxy) is 3. The van der Waals surface area contributed by atoms with Crippen molar-refractivity contribution in [1.82, 2.24) is 5.32 Å². The van der Waals surface area contributed by atoms with Gasteiger partial charge in [-0.3, -0.25) is 8.37 Å². The molecule has 3 aliphatic rings. The predicted octanol–water partition coefficient (Wildman–Crippen LogP) is -18.1. The second-order valence-electron chi connectivity index (χ2n) is 13.2. The summed E-state index contributed by atoms with van der Waals surface area (Å²) in [6.45, 7) is 10.8. The van der Waals surface area contributed by atoms with Gasteiger partial charge in [0.1, 0.15) is 24.4 Å². The minimum absolute atomic E-state index is 0. The van der Waals surface area contributed by atoms with Crippen LogP contribution in [0.5, 0.6) is 0 Å². The summed E-state index contributed by atoms with van der Waals surface area (Å²) in [7, 11) is -9.84. The van der Waals surface area contributed by atoms with E-state index in [9.17, 15) is 66.2 Å². The number of carboxylic acid groups (broad SMARTS) is 2. The molecule has 25 nitrogen and oxygen atoms in total. The van der Waals surface area contributed by atoms with E-state index in [2.05, 4.69) is 32.3 Å². The number of aliphatic carboxylic acids is 2. The monoisotopic (exact) mass is 1150 g/mol. The molecule has 0 saturated carbocycles. The number of nitrogens with one attached hydrogen (secondary N) is 3. The Morgan fingerprint density at radius 3 is 1.75 bits per heavy atom. The number of aliphatic hydroxyl groups excluding tert-OH is 4. The molecule has 3 heterocycles. The van der Waals surface area contributed by atoms with Gasteiger partial charge in [0, 0.05) is 84.4 Å². The fourth-order valence-electron chi connectivity index (χ4n) is 4.96. The normalized spacial score (nSPS) is 27.3. The zero-order valence-electron chi connectivity index (χ0n) is 37.5. The first-order valence-electron chi connectivity index (χ1n) is 17.2. The van der Waals surface area contributed by atoms with Gasteiger partial charge in [0.05, 0.1) is 56.2 Å². The van der Waals surface area contributed by atoms with Crippen molar-refractivity contribution in [2.75, 3.05) is 39.5 Å². The molecule has 13 unspecified atom stereocenters. The van der Waals surface area contributed by atoms with E-state index in [0.29, 0.717) is 31.8 Å². The molecule has 3 aliphatic heterocycles. The quantitative estimate of drug-likeness (QED) is 0.0612. The van der Waals surface area contributed by atoms with E-state index < -0.39 is 94.7 Å². The zero-order chi connectivity index (χ0) is 42.0. The van der Waals surface area contributed by atoms with Crippen LogP contribution in [0.2, 0.25) is 0 Å². The van der Waals surface area contributed by atoms with Crippen molar-refractivity contribution in [2.24, 2.45) is 17.8 Å². The van der Waals surface area contributed by atoms with Gasteiger partial charge in [-0.25, -0.2) is 16.8 Å². The van der Waals surface area contributed by atoms with Crippen LogP contribution in [-0.4, -0.2) is 175 Å². The molecule has 352 valence electrons. The molecule has 0 amide bonds. The average molecular weight is 1150 g/mol. The smallest absolute Gasteiger partial charge is 0.726 e. The molecule has 0 aromatic heterocycles. The summed E-state index contributed by atoms with van der Waals surface area (Å²) in [6.07, 6.45) is -6.86. The predicted molar refractivity (Wildman–Crippen MR) is 191 cm³/mol. The Morgan fingerprint density at radius 2 is 1.35 bits per heavy atom. The summed E-state index contributed by atoms with van der Waals surface area (Å²) in [4.78, 5) is 20.6. The molecule has 2 radical (unpaired) electrons. The Balaban J connectivity index is -0.0000000721. The van der Waals surface area contributed by atoms with Crippen molar-refractivity contribution in [2.45, 2.75) is 121 Å². The number of hydrogen-bond acceptors (Lipinski definition) is 20. The molecular weight excluding hydrogens is 1090 g/mol. The molecule has 3 rings (SSSR count). The largest absolute Gasteiger partial charge is 1.00 e. The summed E-state index contributed by atoms with van der Waals surface area (Å²) in [5.41, 5.74) is 15.3. The van der Waals surface area contributed by atoms with Gasteiger partial charge in [-0.05, 0) is 32.4 Å². The first-order chi connectivity index (χ1) is 24.8. The van der Waals surface area contributed by atoms with Gasteiger partial charge < -0.3 is 96.8 Å².